The molecule has 0 N–H and O–H groups in total. The summed E-state index contributed by atoms with van der Waals surface area (Å²) in [6.07, 6.45) is 19.5. The van der Waals surface area contributed by atoms with Crippen molar-refractivity contribution in [2.45, 2.75) is 116 Å². The van der Waals surface area contributed by atoms with Crippen LogP contribution in [0.5, 0.6) is 0 Å². The Hall–Kier alpha value is -1.45. The first-order valence-corrected chi connectivity index (χ1v) is 10.9. The predicted octanol–water partition coefficient (Wildman–Crippen LogP) is 6.11. The van der Waals surface area contributed by atoms with E-state index in [0.717, 1.165) is 51.2 Å². The van der Waals surface area contributed by atoms with E-state index >= 15 is 0 Å². The second-order valence-electron chi connectivity index (χ2n) is 7.38. The van der Waals surface area contributed by atoms with Gasteiger partial charge < -0.3 is 14.3 Å². The van der Waals surface area contributed by atoms with Gasteiger partial charge in [-0.2, -0.15) is 0 Å². The molecule has 0 aliphatic carbocycles. The number of ketones is 1. The number of esters is 1. The maximum Gasteiger partial charge on any atom is 0.306 e. The fraction of sp³-hybridized carbons (Fsp3) is 0.783. The highest BCUT2D eigenvalue weighted by atomic mass is 16.5. The van der Waals surface area contributed by atoms with E-state index in [0.29, 0.717) is 6.42 Å². The van der Waals surface area contributed by atoms with Crippen molar-refractivity contribution in [1.82, 2.24) is 0 Å². The van der Waals surface area contributed by atoms with E-state index in [1.807, 2.05) is 0 Å². The van der Waals surface area contributed by atoms with Crippen molar-refractivity contribution in [3.05, 3.63) is 12.2 Å². The number of unbranched alkanes of at least 4 members (excludes halogenated alkanes) is 9. The number of hydrogen-bond acceptors (Lipinski definition) is 4. The molecule has 0 amide bonds. The molecule has 0 fully saturated rings. The molecule has 4 heteroatoms. The molecular formula is C23H40O4. The first-order valence-electron chi connectivity index (χ1n) is 10.9. The lowest BCUT2D eigenvalue weighted by atomic mass is 10.1. The Morgan fingerprint density at radius 2 is 1.52 bits per heavy atom. The number of aldehydes is 1. The van der Waals surface area contributed by atoms with Crippen molar-refractivity contribution < 1.29 is 19.1 Å². The van der Waals surface area contributed by atoms with Crippen molar-refractivity contribution in [1.29, 1.82) is 0 Å². The van der Waals surface area contributed by atoms with Gasteiger partial charge in [-0.3, -0.25) is 4.79 Å². The Labute approximate surface area is 166 Å². The number of carbonyl (C=O) groups is 3. The monoisotopic (exact) mass is 380 g/mol. The largest absolute Gasteiger partial charge is 0.462 e. The highest BCUT2D eigenvalue weighted by molar-refractivity contribution is 5.81. The second kappa shape index (κ2) is 19.3. The molecule has 0 aliphatic heterocycles. The van der Waals surface area contributed by atoms with Crippen molar-refractivity contribution in [3.63, 3.8) is 0 Å². The molecule has 0 saturated heterocycles. The molecule has 1 unspecified atom stereocenters. The maximum absolute atomic E-state index is 11.9. The Kier molecular flexibility index (Phi) is 18.3. The van der Waals surface area contributed by atoms with E-state index in [1.165, 1.54) is 39.0 Å². The minimum atomic E-state index is -0.255. The summed E-state index contributed by atoms with van der Waals surface area (Å²) in [5.41, 5.74) is 0. The number of rotatable bonds is 19. The quantitative estimate of drug-likeness (QED) is 0.117. The van der Waals surface area contributed by atoms with Crippen molar-refractivity contribution in [2.75, 3.05) is 0 Å². The standard InChI is InChI=1S/C23H40O4/c1-3-4-5-13-16-22(27-23(26)19-18-21(2)25)17-14-11-9-7-6-8-10-12-15-20-24/h11,14,20,22H,3-10,12-13,15-19H2,1-2H3/b14-11-. The summed E-state index contributed by atoms with van der Waals surface area (Å²) in [6.45, 7) is 3.69. The third-order valence-electron chi connectivity index (χ3n) is 4.62. The summed E-state index contributed by atoms with van der Waals surface area (Å²) in [4.78, 5) is 33.2. The molecule has 156 valence electrons. The van der Waals surface area contributed by atoms with E-state index in [2.05, 4.69) is 19.1 Å². The van der Waals surface area contributed by atoms with Crippen LogP contribution in [-0.2, 0) is 19.1 Å². The predicted molar refractivity (Wildman–Crippen MR) is 111 cm³/mol. The lowest BCUT2D eigenvalue weighted by Crippen LogP contribution is -2.18. The van der Waals surface area contributed by atoms with Crippen LogP contribution in [0.3, 0.4) is 0 Å². The van der Waals surface area contributed by atoms with Gasteiger partial charge in [0.05, 0.1) is 6.42 Å². The summed E-state index contributed by atoms with van der Waals surface area (Å²) in [5.74, 6) is -0.230. The lowest BCUT2D eigenvalue weighted by molar-refractivity contribution is -0.150. The van der Waals surface area contributed by atoms with Gasteiger partial charge in [-0.25, -0.2) is 0 Å². The van der Waals surface area contributed by atoms with E-state index in [9.17, 15) is 14.4 Å². The van der Waals surface area contributed by atoms with Crippen LogP contribution in [0.25, 0.3) is 0 Å². The van der Waals surface area contributed by atoms with Crippen LogP contribution in [-0.4, -0.2) is 24.1 Å². The van der Waals surface area contributed by atoms with Gasteiger partial charge in [-0.15, -0.1) is 0 Å². The molecule has 0 aromatic carbocycles. The van der Waals surface area contributed by atoms with Crippen LogP contribution < -0.4 is 0 Å². The van der Waals surface area contributed by atoms with E-state index < -0.39 is 0 Å². The van der Waals surface area contributed by atoms with Gasteiger partial charge in [0, 0.05) is 19.3 Å². The van der Waals surface area contributed by atoms with E-state index in [-0.39, 0.29) is 30.7 Å². The molecule has 0 aliphatic rings. The van der Waals surface area contributed by atoms with Crippen LogP contribution in [0.1, 0.15) is 110 Å². The number of Topliss-reactive ketones (excluding diaryl/α,β-unsaturated/α-hetero) is 1. The molecule has 0 aromatic rings. The summed E-state index contributed by atoms with van der Waals surface area (Å²) < 4.78 is 5.59. The lowest BCUT2D eigenvalue weighted by Gasteiger charge is -2.16. The minimum absolute atomic E-state index is 0.0255. The highest BCUT2D eigenvalue weighted by Gasteiger charge is 2.13. The molecule has 0 bridgehead atoms. The Morgan fingerprint density at radius 1 is 0.852 bits per heavy atom. The first kappa shape index (κ1) is 25.6. The van der Waals surface area contributed by atoms with Crippen LogP contribution in [0, 0.1) is 0 Å². The van der Waals surface area contributed by atoms with Crippen LogP contribution in [0.4, 0.5) is 0 Å². The average molecular weight is 381 g/mol. The fourth-order valence-electron chi connectivity index (χ4n) is 2.93. The number of ether oxygens (including phenoxy) is 1. The van der Waals surface area contributed by atoms with Crippen molar-refractivity contribution in [3.8, 4) is 0 Å². The van der Waals surface area contributed by atoms with Crippen molar-refractivity contribution in [2.24, 2.45) is 0 Å². The molecule has 0 saturated carbocycles. The van der Waals surface area contributed by atoms with E-state index in [4.69, 9.17) is 4.74 Å². The van der Waals surface area contributed by atoms with Crippen LogP contribution in [0.15, 0.2) is 12.2 Å². The summed E-state index contributed by atoms with van der Waals surface area (Å²) in [7, 11) is 0. The van der Waals surface area contributed by atoms with Crippen LogP contribution in [0.2, 0.25) is 0 Å². The SMILES string of the molecule is CCCCCCC(C/C=C\CCCCCCCC=O)OC(=O)CCC(C)=O. The molecule has 4 nitrogen and oxygen atoms in total. The summed E-state index contributed by atoms with van der Waals surface area (Å²) >= 11 is 0. The Morgan fingerprint density at radius 3 is 2.19 bits per heavy atom. The normalized spacial score (nSPS) is 12.2. The number of carbonyl (C=O) groups excluding carboxylic acids is 3. The third kappa shape index (κ3) is 19.1. The molecule has 27 heavy (non-hydrogen) atoms. The smallest absolute Gasteiger partial charge is 0.306 e. The van der Waals surface area contributed by atoms with Gasteiger partial charge in [0.25, 0.3) is 0 Å². The summed E-state index contributed by atoms with van der Waals surface area (Å²) in [6, 6.07) is 0. The van der Waals surface area contributed by atoms with Gasteiger partial charge in [-0.05, 0) is 39.0 Å². The van der Waals surface area contributed by atoms with Gasteiger partial charge in [0.2, 0.25) is 0 Å². The molecule has 0 radical (unpaired) electrons. The van der Waals surface area contributed by atoms with Crippen LogP contribution >= 0.6 is 0 Å². The van der Waals surface area contributed by atoms with Gasteiger partial charge >= 0.3 is 5.97 Å². The molecule has 0 aromatic heterocycles. The minimum Gasteiger partial charge on any atom is -0.462 e. The number of allylic oxidation sites excluding steroid dienone is 1. The zero-order chi connectivity index (χ0) is 20.2. The molecular weight excluding hydrogens is 340 g/mol. The van der Waals surface area contributed by atoms with E-state index in [1.54, 1.807) is 0 Å². The molecule has 0 heterocycles. The topological polar surface area (TPSA) is 60.4 Å². The number of hydrogen-bond donors (Lipinski definition) is 0. The highest BCUT2D eigenvalue weighted by Crippen LogP contribution is 2.14. The summed E-state index contributed by atoms with van der Waals surface area (Å²) in [5, 5.41) is 0. The Bertz CT molecular complexity index is 415. The second-order valence-corrected chi connectivity index (χ2v) is 7.38. The van der Waals surface area contributed by atoms with Gasteiger partial charge in [-0.1, -0.05) is 57.6 Å². The average Bonchev–Trinajstić information content (AvgIpc) is 2.64. The first-order chi connectivity index (χ1) is 13.1. The van der Waals surface area contributed by atoms with Crippen molar-refractivity contribution >= 4 is 18.0 Å². The van der Waals surface area contributed by atoms with Gasteiger partial charge in [0.1, 0.15) is 18.2 Å². The zero-order valence-corrected chi connectivity index (χ0v) is 17.5. The van der Waals surface area contributed by atoms with Gasteiger partial charge in [0.15, 0.2) is 0 Å². The molecule has 0 spiro atoms. The third-order valence-corrected chi connectivity index (χ3v) is 4.62. The molecule has 1 atom stereocenters. The Balaban J connectivity index is 4.04. The zero-order valence-electron chi connectivity index (χ0n) is 17.5. The fourth-order valence-corrected chi connectivity index (χ4v) is 2.93. The molecule has 0 rings (SSSR count). The maximum atomic E-state index is 11.9.